The zero-order valence-electron chi connectivity index (χ0n) is 13.6. The number of rotatable bonds is 3. The highest BCUT2D eigenvalue weighted by Crippen LogP contribution is 2.37. The van der Waals surface area contributed by atoms with E-state index in [0.717, 1.165) is 11.8 Å². The summed E-state index contributed by atoms with van der Waals surface area (Å²) in [5, 5.41) is 22.0. The topological polar surface area (TPSA) is 89.9 Å². The fraction of sp³-hybridized carbons (Fsp3) is 0.333. The van der Waals surface area contributed by atoms with Crippen molar-refractivity contribution in [3.63, 3.8) is 0 Å². The molecule has 132 valence electrons. The predicted molar refractivity (Wildman–Crippen MR) is 98.3 cm³/mol. The van der Waals surface area contributed by atoms with Gasteiger partial charge in [-0.2, -0.15) is 0 Å². The maximum atomic E-state index is 9.55. The third kappa shape index (κ3) is 4.37. The molecule has 0 radical (unpaired) electrons. The average Bonchev–Trinajstić information content (AvgIpc) is 3.26. The molecule has 2 aliphatic heterocycles. The molecule has 2 aliphatic rings. The van der Waals surface area contributed by atoms with Crippen LogP contribution in [0.25, 0.3) is 10.1 Å². The molecule has 25 heavy (non-hydrogen) atoms. The smallest absolute Gasteiger partial charge is 0.328 e. The van der Waals surface area contributed by atoms with Crippen LogP contribution in [0.3, 0.4) is 0 Å². The van der Waals surface area contributed by atoms with Crippen molar-refractivity contribution in [1.82, 2.24) is 5.32 Å². The van der Waals surface area contributed by atoms with Crippen LogP contribution in [-0.4, -0.2) is 48.3 Å². The molecule has 3 heterocycles. The van der Waals surface area contributed by atoms with Crippen LogP contribution in [0.5, 0.6) is 0 Å². The van der Waals surface area contributed by atoms with E-state index in [1.165, 1.54) is 41.3 Å². The van der Waals surface area contributed by atoms with Gasteiger partial charge in [0, 0.05) is 43.0 Å². The maximum absolute atomic E-state index is 9.55. The number of hydrogen-bond acceptors (Lipinski definition) is 5. The molecule has 2 fully saturated rings. The molecule has 0 bridgehead atoms. The fourth-order valence-corrected chi connectivity index (χ4v) is 4.38. The van der Waals surface area contributed by atoms with Crippen molar-refractivity contribution < 1.29 is 19.8 Å². The molecule has 7 heteroatoms. The van der Waals surface area contributed by atoms with Crippen molar-refractivity contribution in [1.29, 1.82) is 0 Å². The number of aliphatic carboxylic acids is 2. The van der Waals surface area contributed by atoms with Crippen molar-refractivity contribution in [2.45, 2.75) is 0 Å². The predicted octanol–water partition coefficient (Wildman–Crippen LogP) is 2.27. The Morgan fingerprint density at radius 3 is 2.24 bits per heavy atom. The molecule has 2 saturated heterocycles. The highest BCUT2D eigenvalue weighted by atomic mass is 32.1. The van der Waals surface area contributed by atoms with Crippen LogP contribution in [-0.2, 0) is 9.59 Å². The molecule has 2 aromatic rings. The van der Waals surface area contributed by atoms with Gasteiger partial charge in [-0.1, -0.05) is 18.2 Å². The number of fused-ring (bicyclic) bond motifs is 2. The monoisotopic (exact) mass is 360 g/mol. The van der Waals surface area contributed by atoms with E-state index < -0.39 is 11.9 Å². The van der Waals surface area contributed by atoms with E-state index in [4.69, 9.17) is 10.2 Å². The number of carboxylic acids is 2. The van der Waals surface area contributed by atoms with Crippen molar-refractivity contribution in [3.05, 3.63) is 42.5 Å². The van der Waals surface area contributed by atoms with Crippen LogP contribution in [0.1, 0.15) is 0 Å². The molecular formula is C18H20N2O4S. The highest BCUT2D eigenvalue weighted by molar-refractivity contribution is 7.22. The third-order valence-corrected chi connectivity index (χ3v) is 5.66. The van der Waals surface area contributed by atoms with E-state index in [-0.39, 0.29) is 0 Å². The van der Waals surface area contributed by atoms with Gasteiger partial charge in [0.15, 0.2) is 0 Å². The Bertz CT molecular complexity index is 740. The van der Waals surface area contributed by atoms with E-state index >= 15 is 0 Å². The lowest BCUT2D eigenvalue weighted by Gasteiger charge is -2.16. The molecule has 2 unspecified atom stereocenters. The Morgan fingerprint density at radius 1 is 1.08 bits per heavy atom. The molecule has 4 rings (SSSR count). The fourth-order valence-electron chi connectivity index (χ4n) is 3.30. The molecule has 2 atom stereocenters. The number of thiophene rings is 1. The summed E-state index contributed by atoms with van der Waals surface area (Å²) in [5.74, 6) is -0.764. The van der Waals surface area contributed by atoms with Crippen LogP contribution < -0.4 is 10.2 Å². The first-order chi connectivity index (χ1) is 12.0. The lowest BCUT2D eigenvalue weighted by molar-refractivity contribution is -0.134. The molecule has 3 N–H and O–H groups in total. The molecule has 0 spiro atoms. The van der Waals surface area contributed by atoms with Gasteiger partial charge < -0.3 is 20.4 Å². The summed E-state index contributed by atoms with van der Waals surface area (Å²) in [6, 6.07) is 11.1. The molecular weight excluding hydrogens is 340 g/mol. The zero-order chi connectivity index (χ0) is 17.8. The Hall–Kier alpha value is -2.38. The lowest BCUT2D eigenvalue weighted by atomic mass is 10.0. The normalized spacial score (nSPS) is 22.0. The Kier molecular flexibility index (Phi) is 5.35. The van der Waals surface area contributed by atoms with Gasteiger partial charge in [-0.05, 0) is 29.4 Å². The number of anilines is 1. The van der Waals surface area contributed by atoms with E-state index in [9.17, 15) is 9.59 Å². The Labute approximate surface area is 149 Å². The second-order valence-corrected chi connectivity index (χ2v) is 7.28. The maximum Gasteiger partial charge on any atom is 0.328 e. The minimum absolute atomic E-state index is 0.558. The van der Waals surface area contributed by atoms with Gasteiger partial charge in [-0.25, -0.2) is 9.59 Å². The van der Waals surface area contributed by atoms with E-state index in [1.54, 1.807) is 0 Å². The highest BCUT2D eigenvalue weighted by Gasteiger charge is 2.36. The largest absolute Gasteiger partial charge is 0.478 e. The first-order valence-electron chi connectivity index (χ1n) is 8.11. The van der Waals surface area contributed by atoms with Crippen LogP contribution in [0, 0.1) is 11.8 Å². The number of hydrogen-bond donors (Lipinski definition) is 3. The summed E-state index contributed by atoms with van der Waals surface area (Å²) < 4.78 is 1.41. The van der Waals surface area contributed by atoms with Gasteiger partial charge in [-0.3, -0.25) is 0 Å². The molecule has 0 saturated carbocycles. The zero-order valence-corrected chi connectivity index (χ0v) is 14.4. The molecule has 0 aliphatic carbocycles. The van der Waals surface area contributed by atoms with Crippen LogP contribution in [0.2, 0.25) is 0 Å². The number of nitrogens with one attached hydrogen (secondary N) is 1. The lowest BCUT2D eigenvalue weighted by Crippen LogP contribution is -2.24. The third-order valence-electron chi connectivity index (χ3n) is 4.48. The number of carboxylic acid groups (broad SMARTS) is 2. The van der Waals surface area contributed by atoms with Crippen LogP contribution in [0.4, 0.5) is 5.00 Å². The van der Waals surface area contributed by atoms with Crippen molar-refractivity contribution in [3.8, 4) is 0 Å². The van der Waals surface area contributed by atoms with Crippen LogP contribution in [0.15, 0.2) is 42.5 Å². The second-order valence-electron chi connectivity index (χ2n) is 6.22. The molecule has 1 aromatic heterocycles. The van der Waals surface area contributed by atoms with Gasteiger partial charge in [0.2, 0.25) is 0 Å². The summed E-state index contributed by atoms with van der Waals surface area (Å²) in [4.78, 5) is 21.7. The molecule has 6 nitrogen and oxygen atoms in total. The molecule has 0 amide bonds. The SMILES string of the molecule is O=C(O)/C=C\C(=O)O.c1ccc2sc(N3CC4CNCC4C3)cc2c1. The van der Waals surface area contributed by atoms with Gasteiger partial charge in [0.25, 0.3) is 0 Å². The molecule has 1 aromatic carbocycles. The summed E-state index contributed by atoms with van der Waals surface area (Å²) in [5.41, 5.74) is 0. The average molecular weight is 360 g/mol. The van der Waals surface area contributed by atoms with Crippen molar-refractivity contribution in [2.75, 3.05) is 31.1 Å². The summed E-state index contributed by atoms with van der Waals surface area (Å²) in [6.45, 7) is 4.91. The number of carbonyl (C=O) groups is 2. The number of nitrogens with zero attached hydrogens (tertiary/aromatic N) is 1. The van der Waals surface area contributed by atoms with E-state index in [2.05, 4.69) is 40.5 Å². The summed E-state index contributed by atoms with van der Waals surface area (Å²) >= 11 is 1.94. The minimum atomic E-state index is -1.26. The van der Waals surface area contributed by atoms with Crippen LogP contribution >= 0.6 is 11.3 Å². The number of benzene rings is 1. The van der Waals surface area contributed by atoms with E-state index in [0.29, 0.717) is 12.2 Å². The second kappa shape index (κ2) is 7.67. The standard InChI is InChI=1S/C14H16N2S.C4H4O4/c1-2-4-13-10(3-1)5-14(17-13)16-8-11-6-15-7-12(11)9-16;5-3(6)1-2-4(7)8/h1-5,11-12,15H,6-9H2;1-2H,(H,5,6)(H,7,8)/b;2-1-. The first-order valence-corrected chi connectivity index (χ1v) is 8.93. The quantitative estimate of drug-likeness (QED) is 0.728. The Morgan fingerprint density at radius 2 is 1.68 bits per heavy atom. The van der Waals surface area contributed by atoms with Gasteiger partial charge in [0.1, 0.15) is 0 Å². The van der Waals surface area contributed by atoms with Gasteiger partial charge in [-0.15, -0.1) is 11.3 Å². The summed E-state index contributed by atoms with van der Waals surface area (Å²) in [7, 11) is 0. The van der Waals surface area contributed by atoms with Gasteiger partial charge >= 0.3 is 11.9 Å². The van der Waals surface area contributed by atoms with Crippen molar-refractivity contribution >= 4 is 38.4 Å². The van der Waals surface area contributed by atoms with E-state index in [1.807, 2.05) is 11.3 Å². The minimum Gasteiger partial charge on any atom is -0.478 e. The first kappa shape index (κ1) is 17.4. The summed E-state index contributed by atoms with van der Waals surface area (Å²) in [6.07, 6.45) is 1.12. The van der Waals surface area contributed by atoms with Crippen molar-refractivity contribution in [2.24, 2.45) is 11.8 Å². The van der Waals surface area contributed by atoms with Gasteiger partial charge in [0.05, 0.1) is 5.00 Å². The Balaban J connectivity index is 0.000000197.